The molecule has 7 heteroatoms. The number of nitrogens with one attached hydrogen (secondary N) is 1. The zero-order chi connectivity index (χ0) is 19.1. The number of carbonyl (C=O) groups is 2. The highest BCUT2D eigenvalue weighted by Gasteiger charge is 2.17. The molecule has 0 atom stereocenters. The Morgan fingerprint density at radius 3 is 2.50 bits per heavy atom. The van der Waals surface area contributed by atoms with Crippen LogP contribution in [0.2, 0.25) is 0 Å². The summed E-state index contributed by atoms with van der Waals surface area (Å²) < 4.78 is 31.6. The van der Waals surface area contributed by atoms with Crippen molar-refractivity contribution in [3.05, 3.63) is 54.1 Å². The van der Waals surface area contributed by atoms with Gasteiger partial charge in [-0.15, -0.1) is 0 Å². The van der Waals surface area contributed by atoms with Gasteiger partial charge in [0.1, 0.15) is 5.75 Å². The molecule has 2 aromatic rings. The Labute approximate surface area is 150 Å². The van der Waals surface area contributed by atoms with Crippen molar-refractivity contribution < 1.29 is 23.1 Å². The van der Waals surface area contributed by atoms with E-state index in [1.165, 1.54) is 17.9 Å². The molecule has 2 amide bonds. The lowest BCUT2D eigenvalue weighted by molar-refractivity contribution is -0.117. The molecule has 2 rings (SSSR count). The smallest absolute Gasteiger partial charge is 0.226 e. The van der Waals surface area contributed by atoms with Gasteiger partial charge in [-0.1, -0.05) is 12.1 Å². The maximum Gasteiger partial charge on any atom is 0.226 e. The molecule has 138 valence electrons. The molecule has 0 aromatic heterocycles. The summed E-state index contributed by atoms with van der Waals surface area (Å²) in [4.78, 5) is 25.5. The Balaban J connectivity index is 2.05. The third kappa shape index (κ3) is 5.02. The minimum atomic E-state index is -1.04. The molecule has 26 heavy (non-hydrogen) atoms. The number of halogens is 2. The second-order valence-electron chi connectivity index (χ2n) is 5.50. The van der Waals surface area contributed by atoms with Crippen LogP contribution >= 0.6 is 0 Å². The standard InChI is InChI=1S/C19H20F2N2O3/c1-3-26-18-7-5-4-6-17(18)23(13(2)24)11-10-19(25)22-14-8-9-15(20)16(21)12-14/h4-9,12H,3,10-11H2,1-2H3,(H,22,25). The predicted molar refractivity (Wildman–Crippen MR) is 95.2 cm³/mol. The average molecular weight is 362 g/mol. The largest absolute Gasteiger partial charge is 0.492 e. The number of nitrogens with zero attached hydrogens (tertiary/aromatic N) is 1. The first kappa shape index (κ1) is 19.4. The lowest BCUT2D eigenvalue weighted by Gasteiger charge is -2.23. The molecule has 0 aliphatic rings. The molecule has 0 aliphatic heterocycles. The van der Waals surface area contributed by atoms with Gasteiger partial charge < -0.3 is 15.0 Å². The lowest BCUT2D eigenvalue weighted by atomic mass is 10.2. The van der Waals surface area contributed by atoms with Gasteiger partial charge in [-0.2, -0.15) is 0 Å². The predicted octanol–water partition coefficient (Wildman–Crippen LogP) is 3.75. The van der Waals surface area contributed by atoms with Gasteiger partial charge in [0.15, 0.2) is 11.6 Å². The molecule has 0 radical (unpaired) electrons. The summed E-state index contributed by atoms with van der Waals surface area (Å²) in [6.07, 6.45) is -0.0148. The van der Waals surface area contributed by atoms with E-state index in [4.69, 9.17) is 4.74 Å². The van der Waals surface area contributed by atoms with Crippen LogP contribution in [-0.2, 0) is 9.59 Å². The van der Waals surface area contributed by atoms with E-state index in [9.17, 15) is 18.4 Å². The van der Waals surface area contributed by atoms with E-state index < -0.39 is 17.5 Å². The summed E-state index contributed by atoms with van der Waals surface area (Å²) in [7, 11) is 0. The van der Waals surface area contributed by atoms with E-state index in [1.54, 1.807) is 24.3 Å². The molecule has 2 aromatic carbocycles. The van der Waals surface area contributed by atoms with Crippen LogP contribution in [0.4, 0.5) is 20.2 Å². The van der Waals surface area contributed by atoms with E-state index >= 15 is 0 Å². The highest BCUT2D eigenvalue weighted by Crippen LogP contribution is 2.28. The van der Waals surface area contributed by atoms with Gasteiger partial charge in [-0.05, 0) is 31.2 Å². The molecular formula is C19H20F2N2O3. The van der Waals surface area contributed by atoms with Crippen molar-refractivity contribution in [1.29, 1.82) is 0 Å². The fourth-order valence-electron chi connectivity index (χ4n) is 2.42. The van der Waals surface area contributed by atoms with E-state index in [-0.39, 0.29) is 24.6 Å². The van der Waals surface area contributed by atoms with Crippen LogP contribution in [0.5, 0.6) is 5.75 Å². The number of hydrogen-bond acceptors (Lipinski definition) is 3. The molecule has 0 saturated carbocycles. The Morgan fingerprint density at radius 1 is 1.12 bits per heavy atom. The lowest BCUT2D eigenvalue weighted by Crippen LogP contribution is -2.32. The molecule has 0 unspecified atom stereocenters. The Kier molecular flexibility index (Phi) is 6.66. The second kappa shape index (κ2) is 8.94. The van der Waals surface area contributed by atoms with Crippen molar-refractivity contribution in [1.82, 2.24) is 0 Å². The summed E-state index contributed by atoms with van der Waals surface area (Å²) in [5.41, 5.74) is 0.723. The third-order valence-electron chi connectivity index (χ3n) is 3.60. The van der Waals surface area contributed by atoms with Crippen molar-refractivity contribution in [2.24, 2.45) is 0 Å². The Hall–Kier alpha value is -2.96. The topological polar surface area (TPSA) is 58.6 Å². The Bertz CT molecular complexity index is 796. The minimum absolute atomic E-state index is 0.0148. The van der Waals surface area contributed by atoms with Crippen molar-refractivity contribution >= 4 is 23.2 Å². The van der Waals surface area contributed by atoms with Crippen molar-refractivity contribution in [3.8, 4) is 5.75 Å². The van der Waals surface area contributed by atoms with Gasteiger partial charge in [0.25, 0.3) is 0 Å². The number of anilines is 2. The molecule has 0 spiro atoms. The van der Waals surface area contributed by atoms with Crippen LogP contribution in [0.3, 0.4) is 0 Å². The number of hydrogen-bond donors (Lipinski definition) is 1. The van der Waals surface area contributed by atoms with Crippen molar-refractivity contribution in [2.75, 3.05) is 23.4 Å². The molecule has 0 heterocycles. The zero-order valence-electron chi connectivity index (χ0n) is 14.6. The molecule has 0 aliphatic carbocycles. The summed E-state index contributed by atoms with van der Waals surface area (Å²) in [6, 6.07) is 10.2. The van der Waals surface area contributed by atoms with E-state index in [1.807, 2.05) is 6.92 Å². The molecule has 5 nitrogen and oxygen atoms in total. The van der Waals surface area contributed by atoms with Gasteiger partial charge in [0, 0.05) is 31.6 Å². The molecule has 1 N–H and O–H groups in total. The fourth-order valence-corrected chi connectivity index (χ4v) is 2.42. The van der Waals surface area contributed by atoms with E-state index in [0.717, 1.165) is 12.1 Å². The van der Waals surface area contributed by atoms with Crippen LogP contribution in [0, 0.1) is 11.6 Å². The summed E-state index contributed by atoms with van der Waals surface area (Å²) in [5, 5.41) is 2.48. The zero-order valence-corrected chi connectivity index (χ0v) is 14.6. The van der Waals surface area contributed by atoms with Crippen LogP contribution in [0.25, 0.3) is 0 Å². The van der Waals surface area contributed by atoms with Gasteiger partial charge in [-0.3, -0.25) is 9.59 Å². The highest BCUT2D eigenvalue weighted by atomic mass is 19.2. The van der Waals surface area contributed by atoms with E-state index in [2.05, 4.69) is 5.32 Å². The normalized spacial score (nSPS) is 10.3. The first-order valence-electron chi connectivity index (χ1n) is 8.17. The monoisotopic (exact) mass is 362 g/mol. The number of amides is 2. The van der Waals surface area contributed by atoms with Gasteiger partial charge in [-0.25, -0.2) is 8.78 Å². The molecular weight excluding hydrogens is 342 g/mol. The van der Waals surface area contributed by atoms with E-state index in [0.29, 0.717) is 18.0 Å². The minimum Gasteiger partial charge on any atom is -0.492 e. The number of rotatable bonds is 7. The van der Waals surface area contributed by atoms with Gasteiger partial charge in [0.05, 0.1) is 12.3 Å². The summed E-state index contributed by atoms with van der Waals surface area (Å²) >= 11 is 0. The van der Waals surface area contributed by atoms with Crippen molar-refractivity contribution in [2.45, 2.75) is 20.3 Å². The number of carbonyl (C=O) groups excluding carboxylic acids is 2. The maximum atomic E-state index is 13.2. The Morgan fingerprint density at radius 2 is 1.85 bits per heavy atom. The van der Waals surface area contributed by atoms with Gasteiger partial charge >= 0.3 is 0 Å². The van der Waals surface area contributed by atoms with Crippen molar-refractivity contribution in [3.63, 3.8) is 0 Å². The quantitative estimate of drug-likeness (QED) is 0.816. The highest BCUT2D eigenvalue weighted by molar-refractivity contribution is 5.95. The number of benzene rings is 2. The van der Waals surface area contributed by atoms with Crippen LogP contribution in [-0.4, -0.2) is 25.0 Å². The summed E-state index contributed by atoms with van der Waals surface area (Å²) in [6.45, 7) is 3.80. The fraction of sp³-hybridized carbons (Fsp3) is 0.263. The third-order valence-corrected chi connectivity index (χ3v) is 3.60. The van der Waals surface area contributed by atoms with Crippen LogP contribution in [0.1, 0.15) is 20.3 Å². The first-order chi connectivity index (χ1) is 12.4. The maximum absolute atomic E-state index is 13.2. The average Bonchev–Trinajstić information content (AvgIpc) is 2.59. The van der Waals surface area contributed by atoms with Gasteiger partial charge in [0.2, 0.25) is 11.8 Å². The van der Waals surface area contributed by atoms with Crippen LogP contribution in [0.15, 0.2) is 42.5 Å². The first-order valence-corrected chi connectivity index (χ1v) is 8.17. The molecule has 0 saturated heterocycles. The summed E-state index contributed by atoms with van der Waals surface area (Å²) in [5.74, 6) is -2.14. The second-order valence-corrected chi connectivity index (χ2v) is 5.50. The number of ether oxygens (including phenoxy) is 1. The number of para-hydroxylation sites is 2. The van der Waals surface area contributed by atoms with Crippen LogP contribution < -0.4 is 15.0 Å². The molecule has 0 bridgehead atoms. The molecule has 0 fully saturated rings. The SMILES string of the molecule is CCOc1ccccc1N(CCC(=O)Nc1ccc(F)c(F)c1)C(C)=O.